The van der Waals surface area contributed by atoms with Crippen molar-refractivity contribution in [2.75, 3.05) is 49.5 Å². The molecule has 0 unspecified atom stereocenters. The maximum atomic E-state index is 13.4. The van der Waals surface area contributed by atoms with Crippen LogP contribution < -0.4 is 10.2 Å². The van der Waals surface area contributed by atoms with E-state index in [-0.39, 0.29) is 11.9 Å². The minimum atomic E-state index is -0.337. The number of rotatable bonds is 7. The fourth-order valence-electron chi connectivity index (χ4n) is 4.29. The van der Waals surface area contributed by atoms with Crippen molar-refractivity contribution in [2.45, 2.75) is 6.92 Å². The molecule has 190 valence electrons. The summed E-state index contributed by atoms with van der Waals surface area (Å²) in [7, 11) is 0. The third kappa shape index (κ3) is 6.80. The van der Waals surface area contributed by atoms with Gasteiger partial charge in [0.1, 0.15) is 0 Å². The molecule has 1 N–H and O–H groups in total. The fraction of sp³-hybridized carbons (Fsp3) is 0.250. The van der Waals surface area contributed by atoms with Crippen molar-refractivity contribution >= 4 is 46.5 Å². The van der Waals surface area contributed by atoms with E-state index in [1.54, 1.807) is 29.2 Å². The number of anilines is 2. The molecule has 1 aliphatic rings. The zero-order chi connectivity index (χ0) is 26.4. The van der Waals surface area contributed by atoms with Crippen molar-refractivity contribution in [3.8, 4) is 17.2 Å². The fourth-order valence-corrected chi connectivity index (χ4v) is 4.82. The number of carbonyl (C=O) groups is 2. The largest absolute Gasteiger partial charge is 0.341 e. The lowest BCUT2D eigenvalue weighted by molar-refractivity contribution is -0.135. The molecule has 0 spiro atoms. The Morgan fingerprint density at radius 2 is 1.76 bits per heavy atom. The Labute approximate surface area is 226 Å². The molecule has 0 radical (unpaired) electrons. The second-order valence-corrected chi connectivity index (χ2v) is 9.60. The summed E-state index contributed by atoms with van der Waals surface area (Å²) in [5, 5.41) is 12.9. The van der Waals surface area contributed by atoms with E-state index in [0.717, 1.165) is 17.7 Å². The lowest BCUT2D eigenvalue weighted by Crippen LogP contribution is -2.52. The second kappa shape index (κ2) is 12.1. The van der Waals surface area contributed by atoms with Crippen molar-refractivity contribution < 1.29 is 9.59 Å². The number of likely N-dealkylation sites (N-methyl/N-ethyl adjacent to an activating group) is 1. The van der Waals surface area contributed by atoms with Gasteiger partial charge >= 0.3 is 6.03 Å². The molecule has 1 saturated heterocycles. The van der Waals surface area contributed by atoms with Crippen LogP contribution in [-0.4, -0.2) is 61.0 Å². The Morgan fingerprint density at radius 1 is 1.03 bits per heavy atom. The highest BCUT2D eigenvalue weighted by molar-refractivity contribution is 6.35. The third-order valence-electron chi connectivity index (χ3n) is 6.28. The topological polar surface area (TPSA) is 79.7 Å². The maximum absolute atomic E-state index is 13.4. The first-order chi connectivity index (χ1) is 17.9. The van der Waals surface area contributed by atoms with Crippen LogP contribution in [0.1, 0.15) is 12.5 Å². The molecule has 9 heteroatoms. The molecule has 1 aliphatic heterocycles. The number of amides is 3. The standard InChI is InChI=1S/C28H27Cl2N5O2/c1-2-34-12-10-33(19-27(34)36)11-13-35(28(37)32-25-16-23(29)15-24(30)17-25)26-8-6-21(7-9-26)22-5-3-4-20(14-22)18-31/h3-9,14-17H,2,10-13,19H2,1H3,(H,32,37). The van der Waals surface area contributed by atoms with E-state index >= 15 is 0 Å². The molecule has 0 saturated carbocycles. The van der Waals surface area contributed by atoms with Crippen LogP contribution in [0.4, 0.5) is 16.2 Å². The molecule has 0 bridgehead atoms. The summed E-state index contributed by atoms with van der Waals surface area (Å²) in [5.41, 5.74) is 3.63. The van der Waals surface area contributed by atoms with Gasteiger partial charge in [-0.15, -0.1) is 0 Å². The first-order valence-corrected chi connectivity index (χ1v) is 12.8. The SMILES string of the molecule is CCN1CCN(CCN(C(=O)Nc2cc(Cl)cc(Cl)c2)c2ccc(-c3cccc(C#N)c3)cc2)CC1=O. The highest BCUT2D eigenvalue weighted by Gasteiger charge is 2.24. The average molecular weight is 536 g/mol. The minimum Gasteiger partial charge on any atom is -0.341 e. The van der Waals surface area contributed by atoms with Gasteiger partial charge in [-0.3, -0.25) is 14.6 Å². The van der Waals surface area contributed by atoms with E-state index in [1.807, 2.05) is 54.3 Å². The molecule has 1 heterocycles. The monoisotopic (exact) mass is 535 g/mol. The van der Waals surface area contributed by atoms with Gasteiger partial charge in [0, 0.05) is 54.1 Å². The molecule has 1 fully saturated rings. The molecular weight excluding hydrogens is 509 g/mol. The predicted molar refractivity (Wildman–Crippen MR) is 148 cm³/mol. The minimum absolute atomic E-state index is 0.0993. The van der Waals surface area contributed by atoms with Gasteiger partial charge in [-0.25, -0.2) is 4.79 Å². The van der Waals surface area contributed by atoms with Crippen molar-refractivity contribution in [1.29, 1.82) is 5.26 Å². The third-order valence-corrected chi connectivity index (χ3v) is 6.72. The highest BCUT2D eigenvalue weighted by atomic mass is 35.5. The predicted octanol–water partition coefficient (Wildman–Crippen LogP) is 5.73. The number of hydrogen-bond donors (Lipinski definition) is 1. The zero-order valence-electron chi connectivity index (χ0n) is 20.5. The van der Waals surface area contributed by atoms with Gasteiger partial charge in [-0.2, -0.15) is 5.26 Å². The summed E-state index contributed by atoms with van der Waals surface area (Å²) in [6.07, 6.45) is 0. The smallest absolute Gasteiger partial charge is 0.326 e. The number of hydrogen-bond acceptors (Lipinski definition) is 4. The van der Waals surface area contributed by atoms with E-state index in [4.69, 9.17) is 23.2 Å². The molecule has 0 aromatic heterocycles. The van der Waals surface area contributed by atoms with Gasteiger partial charge in [-0.05, 0) is 60.5 Å². The molecule has 3 aromatic rings. The Hall–Kier alpha value is -3.57. The first kappa shape index (κ1) is 26.5. The second-order valence-electron chi connectivity index (χ2n) is 8.73. The number of nitriles is 1. The summed E-state index contributed by atoms with van der Waals surface area (Å²) in [4.78, 5) is 31.3. The van der Waals surface area contributed by atoms with E-state index in [0.29, 0.717) is 59.7 Å². The Balaban J connectivity index is 1.55. The summed E-state index contributed by atoms with van der Waals surface area (Å²) in [5.74, 6) is 0.0993. The van der Waals surface area contributed by atoms with Crippen molar-refractivity contribution in [3.05, 3.63) is 82.3 Å². The van der Waals surface area contributed by atoms with Gasteiger partial charge in [0.15, 0.2) is 0 Å². The van der Waals surface area contributed by atoms with E-state index in [1.165, 1.54) is 0 Å². The number of piperazine rings is 1. The normalized spacial score (nSPS) is 13.8. The van der Waals surface area contributed by atoms with Crippen molar-refractivity contribution in [2.24, 2.45) is 0 Å². The average Bonchev–Trinajstić information content (AvgIpc) is 2.88. The van der Waals surface area contributed by atoms with Crippen LogP contribution in [0.15, 0.2) is 66.7 Å². The molecular formula is C28H27Cl2N5O2. The quantitative estimate of drug-likeness (QED) is 0.418. The van der Waals surface area contributed by atoms with Crippen LogP contribution in [0.5, 0.6) is 0 Å². The van der Waals surface area contributed by atoms with Crippen LogP contribution in [-0.2, 0) is 4.79 Å². The maximum Gasteiger partial charge on any atom is 0.326 e. The molecule has 3 amide bonds. The number of nitrogens with one attached hydrogen (secondary N) is 1. The van der Waals surface area contributed by atoms with Crippen LogP contribution in [0.25, 0.3) is 11.1 Å². The van der Waals surface area contributed by atoms with E-state index < -0.39 is 0 Å². The number of carbonyl (C=O) groups excluding carboxylic acids is 2. The number of nitrogens with zero attached hydrogens (tertiary/aromatic N) is 4. The van der Waals surface area contributed by atoms with Crippen molar-refractivity contribution in [3.63, 3.8) is 0 Å². The highest BCUT2D eigenvalue weighted by Crippen LogP contribution is 2.26. The lowest BCUT2D eigenvalue weighted by Gasteiger charge is -2.35. The first-order valence-electron chi connectivity index (χ1n) is 12.0. The Morgan fingerprint density at radius 3 is 2.41 bits per heavy atom. The molecule has 7 nitrogen and oxygen atoms in total. The molecule has 4 rings (SSSR count). The van der Waals surface area contributed by atoms with Gasteiger partial charge in [0.2, 0.25) is 5.91 Å². The lowest BCUT2D eigenvalue weighted by atomic mass is 10.0. The summed E-state index contributed by atoms with van der Waals surface area (Å²) in [6, 6.07) is 21.7. The summed E-state index contributed by atoms with van der Waals surface area (Å²) >= 11 is 12.2. The van der Waals surface area contributed by atoms with Gasteiger partial charge in [0.05, 0.1) is 18.2 Å². The summed E-state index contributed by atoms with van der Waals surface area (Å²) in [6.45, 7) is 5.37. The number of urea groups is 1. The van der Waals surface area contributed by atoms with Crippen molar-refractivity contribution in [1.82, 2.24) is 9.80 Å². The summed E-state index contributed by atoms with van der Waals surface area (Å²) < 4.78 is 0. The molecule has 37 heavy (non-hydrogen) atoms. The van der Waals surface area contributed by atoms with Crippen LogP contribution in [0.3, 0.4) is 0 Å². The van der Waals surface area contributed by atoms with E-state index in [9.17, 15) is 14.9 Å². The number of benzene rings is 3. The van der Waals surface area contributed by atoms with Crippen LogP contribution >= 0.6 is 23.2 Å². The van der Waals surface area contributed by atoms with Crippen LogP contribution in [0.2, 0.25) is 10.0 Å². The molecule has 3 aromatic carbocycles. The number of halogens is 2. The van der Waals surface area contributed by atoms with E-state index in [2.05, 4.69) is 16.3 Å². The van der Waals surface area contributed by atoms with Gasteiger partial charge < -0.3 is 10.2 Å². The van der Waals surface area contributed by atoms with Gasteiger partial charge in [0.25, 0.3) is 0 Å². The Bertz CT molecular complexity index is 1300. The Kier molecular flexibility index (Phi) is 8.67. The molecule has 0 atom stereocenters. The zero-order valence-corrected chi connectivity index (χ0v) is 22.0. The van der Waals surface area contributed by atoms with Gasteiger partial charge in [-0.1, -0.05) is 47.5 Å². The van der Waals surface area contributed by atoms with Crippen LogP contribution in [0, 0.1) is 11.3 Å². The molecule has 0 aliphatic carbocycles.